The highest BCUT2D eigenvalue weighted by Crippen LogP contribution is 2.36. The van der Waals surface area contributed by atoms with Crippen LogP contribution in [0.2, 0.25) is 0 Å². The highest BCUT2D eigenvalue weighted by molar-refractivity contribution is 4.92. The summed E-state index contributed by atoms with van der Waals surface area (Å²) >= 11 is 0. The van der Waals surface area contributed by atoms with E-state index in [1.807, 2.05) is 0 Å². The maximum atomic E-state index is 9.70. The Labute approximate surface area is 68.2 Å². The number of rotatable bonds is 1. The molecule has 1 aliphatic carbocycles. The summed E-state index contributed by atoms with van der Waals surface area (Å²) in [5.41, 5.74) is 0. The van der Waals surface area contributed by atoms with Gasteiger partial charge in [0.1, 0.15) is 0 Å². The first-order valence-corrected chi connectivity index (χ1v) is 4.71. The largest absolute Gasteiger partial charge is 0.392 e. The van der Waals surface area contributed by atoms with Gasteiger partial charge in [-0.05, 0) is 31.2 Å². The van der Waals surface area contributed by atoms with Crippen molar-refractivity contribution in [2.75, 3.05) is 19.6 Å². The van der Waals surface area contributed by atoms with Crippen LogP contribution in [0.5, 0.6) is 0 Å². The molecule has 0 aromatic heterocycles. The van der Waals surface area contributed by atoms with Crippen LogP contribution < -0.4 is 0 Å². The highest BCUT2D eigenvalue weighted by Gasteiger charge is 2.40. The van der Waals surface area contributed by atoms with Crippen LogP contribution in [0.3, 0.4) is 0 Å². The van der Waals surface area contributed by atoms with Crippen LogP contribution in [0, 0.1) is 11.8 Å². The quantitative estimate of drug-likeness (QED) is 0.603. The molecule has 2 heteroatoms. The van der Waals surface area contributed by atoms with E-state index in [2.05, 4.69) is 11.8 Å². The second-order valence-electron chi connectivity index (χ2n) is 3.94. The van der Waals surface area contributed by atoms with Crippen molar-refractivity contribution in [3.8, 4) is 0 Å². The first-order chi connectivity index (χ1) is 5.31. The third-order valence-corrected chi connectivity index (χ3v) is 3.31. The molecular formula is C9H17NO. The van der Waals surface area contributed by atoms with E-state index in [-0.39, 0.29) is 6.10 Å². The number of piperidine rings is 1. The molecule has 0 aromatic carbocycles. The van der Waals surface area contributed by atoms with E-state index in [4.69, 9.17) is 0 Å². The van der Waals surface area contributed by atoms with Gasteiger partial charge in [-0.15, -0.1) is 0 Å². The summed E-state index contributed by atoms with van der Waals surface area (Å²) in [4.78, 5) is 2.47. The molecule has 1 saturated carbocycles. The summed E-state index contributed by atoms with van der Waals surface area (Å²) in [7, 11) is 0. The van der Waals surface area contributed by atoms with Gasteiger partial charge in [0, 0.05) is 13.1 Å². The Morgan fingerprint density at radius 2 is 1.82 bits per heavy atom. The van der Waals surface area contributed by atoms with Gasteiger partial charge in [0.25, 0.3) is 0 Å². The Balaban J connectivity index is 2.02. The minimum absolute atomic E-state index is 0.0257. The fourth-order valence-electron chi connectivity index (χ4n) is 2.55. The SMILES string of the molecule is CCN1C[C@@H]2CC[C@@H](C1)C2O. The van der Waals surface area contributed by atoms with E-state index < -0.39 is 0 Å². The summed E-state index contributed by atoms with van der Waals surface area (Å²) in [6.07, 6.45) is 2.53. The molecule has 0 spiro atoms. The predicted molar refractivity (Wildman–Crippen MR) is 44.3 cm³/mol. The van der Waals surface area contributed by atoms with E-state index in [0.29, 0.717) is 11.8 Å². The third-order valence-electron chi connectivity index (χ3n) is 3.31. The number of hydrogen-bond acceptors (Lipinski definition) is 2. The zero-order chi connectivity index (χ0) is 7.84. The van der Waals surface area contributed by atoms with Crippen molar-refractivity contribution in [2.45, 2.75) is 25.9 Å². The van der Waals surface area contributed by atoms with Gasteiger partial charge in [-0.2, -0.15) is 0 Å². The topological polar surface area (TPSA) is 23.5 Å². The number of hydrogen-bond donors (Lipinski definition) is 1. The Kier molecular flexibility index (Phi) is 1.90. The van der Waals surface area contributed by atoms with Gasteiger partial charge in [0.05, 0.1) is 6.10 Å². The number of likely N-dealkylation sites (tertiary alicyclic amines) is 1. The average Bonchev–Trinajstić information content (AvgIpc) is 2.26. The lowest BCUT2D eigenvalue weighted by atomic mass is 9.95. The Morgan fingerprint density at radius 3 is 2.27 bits per heavy atom. The molecule has 2 rings (SSSR count). The fourth-order valence-corrected chi connectivity index (χ4v) is 2.55. The smallest absolute Gasteiger partial charge is 0.0620 e. The molecule has 2 aliphatic rings. The standard InChI is InChI=1S/C9H17NO/c1-2-10-5-7-3-4-8(6-10)9(7)11/h7-9,11H,2-6H2,1H3/t7-,8-/m0/s1. The van der Waals surface area contributed by atoms with Crippen LogP contribution in [0.25, 0.3) is 0 Å². The van der Waals surface area contributed by atoms with E-state index in [1.54, 1.807) is 0 Å². The molecule has 1 heterocycles. The van der Waals surface area contributed by atoms with Crippen LogP contribution in [0.1, 0.15) is 19.8 Å². The summed E-state index contributed by atoms with van der Waals surface area (Å²) in [6, 6.07) is 0. The van der Waals surface area contributed by atoms with Crippen molar-refractivity contribution in [1.29, 1.82) is 0 Å². The zero-order valence-corrected chi connectivity index (χ0v) is 7.16. The second kappa shape index (κ2) is 2.76. The Hall–Kier alpha value is -0.0800. The third kappa shape index (κ3) is 1.18. The number of aliphatic hydroxyl groups excluding tert-OH is 1. The van der Waals surface area contributed by atoms with Crippen molar-refractivity contribution in [1.82, 2.24) is 4.90 Å². The summed E-state index contributed by atoms with van der Waals surface area (Å²) < 4.78 is 0. The molecule has 0 aromatic rings. The van der Waals surface area contributed by atoms with Gasteiger partial charge in [-0.3, -0.25) is 0 Å². The van der Waals surface area contributed by atoms with E-state index in [9.17, 15) is 5.11 Å². The predicted octanol–water partition coefficient (Wildman–Crippen LogP) is 0.709. The average molecular weight is 155 g/mol. The van der Waals surface area contributed by atoms with Crippen molar-refractivity contribution in [3.63, 3.8) is 0 Å². The van der Waals surface area contributed by atoms with Crippen LogP contribution in [0.4, 0.5) is 0 Å². The molecule has 1 saturated heterocycles. The maximum absolute atomic E-state index is 9.70. The van der Waals surface area contributed by atoms with E-state index in [0.717, 1.165) is 19.6 Å². The summed E-state index contributed by atoms with van der Waals surface area (Å²) in [5.74, 6) is 1.18. The monoisotopic (exact) mass is 155 g/mol. The lowest BCUT2D eigenvalue weighted by Crippen LogP contribution is -2.44. The number of fused-ring (bicyclic) bond motifs is 2. The minimum Gasteiger partial charge on any atom is -0.392 e. The molecule has 0 amide bonds. The molecule has 11 heavy (non-hydrogen) atoms. The van der Waals surface area contributed by atoms with Crippen LogP contribution in [0.15, 0.2) is 0 Å². The van der Waals surface area contributed by atoms with Crippen molar-refractivity contribution in [3.05, 3.63) is 0 Å². The molecule has 2 nitrogen and oxygen atoms in total. The van der Waals surface area contributed by atoms with Crippen LogP contribution in [-0.2, 0) is 0 Å². The first-order valence-electron chi connectivity index (χ1n) is 4.71. The molecule has 0 radical (unpaired) electrons. The highest BCUT2D eigenvalue weighted by atomic mass is 16.3. The van der Waals surface area contributed by atoms with E-state index >= 15 is 0 Å². The van der Waals surface area contributed by atoms with Gasteiger partial charge in [-0.1, -0.05) is 6.92 Å². The van der Waals surface area contributed by atoms with Crippen LogP contribution >= 0.6 is 0 Å². The zero-order valence-electron chi connectivity index (χ0n) is 7.16. The lowest BCUT2D eigenvalue weighted by molar-refractivity contribution is 0.0189. The molecular weight excluding hydrogens is 138 g/mol. The second-order valence-corrected chi connectivity index (χ2v) is 3.94. The first kappa shape index (κ1) is 7.56. The van der Waals surface area contributed by atoms with E-state index in [1.165, 1.54) is 12.8 Å². The molecule has 2 bridgehead atoms. The van der Waals surface area contributed by atoms with Crippen molar-refractivity contribution in [2.24, 2.45) is 11.8 Å². The summed E-state index contributed by atoms with van der Waals surface area (Å²) in [5, 5.41) is 9.70. The van der Waals surface area contributed by atoms with Gasteiger partial charge in [0.2, 0.25) is 0 Å². The lowest BCUT2D eigenvalue weighted by Gasteiger charge is -2.34. The molecule has 1 aliphatic heterocycles. The number of nitrogens with zero attached hydrogens (tertiary/aromatic N) is 1. The maximum Gasteiger partial charge on any atom is 0.0620 e. The molecule has 0 unspecified atom stereocenters. The minimum atomic E-state index is 0.0257. The number of aliphatic hydroxyl groups is 1. The molecule has 1 N–H and O–H groups in total. The van der Waals surface area contributed by atoms with Gasteiger partial charge in [0.15, 0.2) is 0 Å². The Morgan fingerprint density at radius 1 is 1.27 bits per heavy atom. The van der Waals surface area contributed by atoms with Crippen molar-refractivity contribution >= 4 is 0 Å². The van der Waals surface area contributed by atoms with Gasteiger partial charge in [-0.25, -0.2) is 0 Å². The Bertz CT molecular complexity index is 134. The summed E-state index contributed by atoms with van der Waals surface area (Å²) in [6.45, 7) is 5.62. The fraction of sp³-hybridized carbons (Fsp3) is 1.00. The normalized spacial score (nSPS) is 44.7. The molecule has 64 valence electrons. The van der Waals surface area contributed by atoms with Crippen LogP contribution in [-0.4, -0.2) is 35.7 Å². The molecule has 2 fully saturated rings. The van der Waals surface area contributed by atoms with Gasteiger partial charge < -0.3 is 10.0 Å². The molecule has 2 atom stereocenters. The van der Waals surface area contributed by atoms with Gasteiger partial charge >= 0.3 is 0 Å². The van der Waals surface area contributed by atoms with Crippen molar-refractivity contribution < 1.29 is 5.11 Å².